The molecule has 0 N–H and O–H groups in total. The van der Waals surface area contributed by atoms with Crippen LogP contribution in [0.3, 0.4) is 0 Å². The zero-order valence-electron chi connectivity index (χ0n) is 8.57. The molecule has 1 fully saturated rings. The molecule has 0 spiro atoms. The van der Waals surface area contributed by atoms with Gasteiger partial charge in [0.05, 0.1) is 23.6 Å². The first kappa shape index (κ1) is 10.9. The van der Waals surface area contributed by atoms with Gasteiger partial charge in [-0.1, -0.05) is 6.07 Å². The largest absolute Gasteiger partial charge is 0.416 e. The summed E-state index contributed by atoms with van der Waals surface area (Å²) in [5.41, 5.74) is -0.155. The molecule has 1 unspecified atom stereocenters. The van der Waals surface area contributed by atoms with Crippen LogP contribution in [0.15, 0.2) is 24.3 Å². The van der Waals surface area contributed by atoms with Gasteiger partial charge in [0, 0.05) is 6.07 Å². The van der Waals surface area contributed by atoms with Crippen LogP contribution in [0.4, 0.5) is 10.5 Å². The number of nitro groups is 1. The second-order valence-electron chi connectivity index (χ2n) is 3.42. The van der Waals surface area contributed by atoms with Crippen molar-refractivity contribution in [2.75, 3.05) is 6.54 Å². The molecule has 1 saturated heterocycles. The van der Waals surface area contributed by atoms with E-state index in [1.807, 2.05) is 6.07 Å². The molecule has 0 aliphatic carbocycles. The highest BCUT2D eigenvalue weighted by atomic mass is 16.6. The van der Waals surface area contributed by atoms with E-state index in [1.54, 1.807) is 0 Å². The summed E-state index contributed by atoms with van der Waals surface area (Å²) in [6, 6.07) is 6.77. The number of nitro benzene ring substituents is 1. The number of non-ortho nitro benzene ring substituents is 1. The molecule has 1 aromatic carbocycles. The Labute approximate surface area is 96.0 Å². The molecule has 1 heterocycles. The summed E-state index contributed by atoms with van der Waals surface area (Å²) in [6.45, 7) is 0.338. The van der Waals surface area contributed by atoms with Gasteiger partial charge in [0.25, 0.3) is 5.69 Å². The molecule has 7 heteroatoms. The summed E-state index contributed by atoms with van der Waals surface area (Å²) in [6.07, 6.45) is -0.669. The lowest BCUT2D eigenvalue weighted by atomic mass is 10.3. The second kappa shape index (κ2) is 4.09. The molecular weight excluding hydrogens is 226 g/mol. The highest BCUT2D eigenvalue weighted by Gasteiger charge is 2.40. The highest BCUT2D eigenvalue weighted by molar-refractivity contribution is 5.74. The van der Waals surface area contributed by atoms with Crippen LogP contribution in [-0.4, -0.2) is 28.5 Å². The average molecular weight is 233 g/mol. The Hall–Kier alpha value is -2.62. The maximum absolute atomic E-state index is 11.4. The predicted octanol–water partition coefficient (Wildman–Crippen LogP) is 1.30. The monoisotopic (exact) mass is 233 g/mol. The molecule has 0 bridgehead atoms. The number of hydrogen-bond donors (Lipinski definition) is 0. The summed E-state index contributed by atoms with van der Waals surface area (Å²) in [7, 11) is 0. The quantitative estimate of drug-likeness (QED) is 0.435. The zero-order chi connectivity index (χ0) is 12.4. The average Bonchev–Trinajstić information content (AvgIpc) is 3.08. The van der Waals surface area contributed by atoms with Crippen LogP contribution in [0.25, 0.3) is 0 Å². The van der Waals surface area contributed by atoms with Gasteiger partial charge in [0.1, 0.15) is 11.8 Å². The third-order valence-corrected chi connectivity index (χ3v) is 2.23. The smallest absolute Gasteiger partial charge is 0.410 e. The molecule has 1 aliphatic heterocycles. The molecule has 1 aliphatic rings. The fourth-order valence-corrected chi connectivity index (χ4v) is 1.27. The van der Waals surface area contributed by atoms with Crippen molar-refractivity contribution in [2.24, 2.45) is 0 Å². The third-order valence-electron chi connectivity index (χ3n) is 2.23. The van der Waals surface area contributed by atoms with Gasteiger partial charge in [-0.15, -0.1) is 0 Å². The Morgan fingerprint density at radius 2 is 2.41 bits per heavy atom. The summed E-state index contributed by atoms with van der Waals surface area (Å²) in [5.74, 6) is 0.0905. The lowest BCUT2D eigenvalue weighted by molar-refractivity contribution is -0.384. The van der Waals surface area contributed by atoms with Crippen LogP contribution in [0.5, 0.6) is 5.75 Å². The lowest BCUT2D eigenvalue weighted by Gasteiger charge is -2.04. The summed E-state index contributed by atoms with van der Waals surface area (Å²) in [5, 5.41) is 19.0. The number of benzene rings is 1. The molecule has 1 aromatic rings. The van der Waals surface area contributed by atoms with Crippen LogP contribution in [0, 0.1) is 21.4 Å². The molecule has 7 nitrogen and oxygen atoms in total. The molecule has 0 radical (unpaired) electrons. The number of ether oxygens (including phenoxy) is 1. The summed E-state index contributed by atoms with van der Waals surface area (Å²) < 4.78 is 4.89. The van der Waals surface area contributed by atoms with Crippen LogP contribution in [-0.2, 0) is 0 Å². The molecule has 17 heavy (non-hydrogen) atoms. The first-order chi connectivity index (χ1) is 8.11. The van der Waals surface area contributed by atoms with E-state index >= 15 is 0 Å². The van der Waals surface area contributed by atoms with Gasteiger partial charge >= 0.3 is 6.09 Å². The third kappa shape index (κ3) is 2.31. The molecule has 2 rings (SSSR count). The molecule has 0 saturated carbocycles. The van der Waals surface area contributed by atoms with Gasteiger partial charge in [-0.2, -0.15) is 5.26 Å². The highest BCUT2D eigenvalue weighted by Crippen LogP contribution is 2.23. The summed E-state index contributed by atoms with van der Waals surface area (Å²) >= 11 is 0. The Balaban J connectivity index is 2.04. The maximum atomic E-state index is 11.4. The van der Waals surface area contributed by atoms with Crippen molar-refractivity contribution in [2.45, 2.75) is 6.04 Å². The van der Waals surface area contributed by atoms with Crippen molar-refractivity contribution in [3.63, 3.8) is 0 Å². The van der Waals surface area contributed by atoms with E-state index < -0.39 is 17.1 Å². The van der Waals surface area contributed by atoms with Gasteiger partial charge in [0.2, 0.25) is 0 Å². The molecular formula is C10H7N3O4. The van der Waals surface area contributed by atoms with Gasteiger partial charge in [-0.3, -0.25) is 15.0 Å². The number of carbonyl (C=O) groups excluding carboxylic acids is 1. The van der Waals surface area contributed by atoms with Gasteiger partial charge < -0.3 is 4.74 Å². The number of rotatable bonds is 2. The fraction of sp³-hybridized carbons (Fsp3) is 0.200. The van der Waals surface area contributed by atoms with Crippen LogP contribution < -0.4 is 4.74 Å². The minimum absolute atomic E-state index is 0.0905. The Bertz CT molecular complexity index is 523. The normalized spacial score (nSPS) is 17.1. The zero-order valence-corrected chi connectivity index (χ0v) is 8.57. The summed E-state index contributed by atoms with van der Waals surface area (Å²) in [4.78, 5) is 22.5. The Kier molecular flexibility index (Phi) is 2.62. The van der Waals surface area contributed by atoms with E-state index in [4.69, 9.17) is 10.00 Å². The lowest BCUT2D eigenvalue weighted by Crippen LogP contribution is -2.17. The van der Waals surface area contributed by atoms with Crippen molar-refractivity contribution in [3.05, 3.63) is 34.4 Å². The number of hydrogen-bond acceptors (Lipinski definition) is 5. The van der Waals surface area contributed by atoms with Gasteiger partial charge in [-0.05, 0) is 6.07 Å². The van der Waals surface area contributed by atoms with Crippen molar-refractivity contribution in [3.8, 4) is 11.8 Å². The number of nitriles is 1. The van der Waals surface area contributed by atoms with E-state index in [2.05, 4.69) is 0 Å². The number of nitrogens with zero attached hydrogens (tertiary/aromatic N) is 3. The van der Waals surface area contributed by atoms with E-state index in [0.717, 1.165) is 6.07 Å². The first-order valence-electron chi connectivity index (χ1n) is 4.74. The molecule has 0 aromatic heterocycles. The van der Waals surface area contributed by atoms with Crippen molar-refractivity contribution >= 4 is 11.8 Å². The van der Waals surface area contributed by atoms with Crippen LogP contribution in [0.1, 0.15) is 0 Å². The van der Waals surface area contributed by atoms with Gasteiger partial charge in [0.15, 0.2) is 0 Å². The predicted molar refractivity (Wildman–Crippen MR) is 55.2 cm³/mol. The number of carbonyl (C=O) groups is 1. The van der Waals surface area contributed by atoms with Crippen molar-refractivity contribution < 1.29 is 14.5 Å². The Morgan fingerprint density at radius 3 is 3.00 bits per heavy atom. The van der Waals surface area contributed by atoms with Gasteiger partial charge in [-0.25, -0.2) is 4.79 Å². The Morgan fingerprint density at radius 1 is 1.65 bits per heavy atom. The molecule has 86 valence electrons. The minimum atomic E-state index is -0.669. The first-order valence-corrected chi connectivity index (χ1v) is 4.74. The van der Waals surface area contributed by atoms with Crippen LogP contribution in [0.2, 0.25) is 0 Å². The van der Waals surface area contributed by atoms with E-state index in [-0.39, 0.29) is 11.4 Å². The fourth-order valence-electron chi connectivity index (χ4n) is 1.27. The van der Waals surface area contributed by atoms with Crippen molar-refractivity contribution in [1.82, 2.24) is 4.90 Å². The molecule has 1 atom stereocenters. The molecule has 1 amide bonds. The van der Waals surface area contributed by atoms with E-state index in [1.165, 1.54) is 23.1 Å². The topological polar surface area (TPSA) is 96.2 Å². The minimum Gasteiger partial charge on any atom is -0.410 e. The number of amides is 1. The SMILES string of the molecule is N#CC1CN1C(=O)Oc1cccc([N+](=O)[O-])c1. The maximum Gasteiger partial charge on any atom is 0.416 e. The van der Waals surface area contributed by atoms with Crippen molar-refractivity contribution in [1.29, 1.82) is 5.26 Å². The van der Waals surface area contributed by atoms with E-state index in [9.17, 15) is 14.9 Å². The second-order valence-corrected chi connectivity index (χ2v) is 3.42. The van der Waals surface area contributed by atoms with Crippen LogP contribution >= 0.6 is 0 Å². The van der Waals surface area contributed by atoms with E-state index in [0.29, 0.717) is 6.54 Å². The standard InChI is InChI=1S/C10H7N3O4/c11-5-8-6-12(8)10(14)17-9-3-1-2-7(4-9)13(15)16/h1-4,8H,6H2.